The molecule has 0 fully saturated rings. The lowest BCUT2D eigenvalue weighted by atomic mass is 10.2. The Morgan fingerprint density at radius 3 is 2.30 bits per heavy atom. The molecule has 0 unspecified atom stereocenters. The smallest absolute Gasteiger partial charge is 0.266 e. The minimum atomic E-state index is -4.00. The second kappa shape index (κ2) is 6.91. The molecule has 120 valence electrons. The Labute approximate surface area is 138 Å². The summed E-state index contributed by atoms with van der Waals surface area (Å²) in [7, 11) is -4.00. The van der Waals surface area contributed by atoms with Gasteiger partial charge in [0.15, 0.2) is 5.78 Å². The van der Waals surface area contributed by atoms with Crippen LogP contribution in [0.5, 0.6) is 0 Å². The molecular weight excluding hydrogens is 340 g/mol. The molecule has 0 heterocycles. The van der Waals surface area contributed by atoms with Gasteiger partial charge in [0.1, 0.15) is 0 Å². The molecule has 2 rings (SSSR count). The van der Waals surface area contributed by atoms with Crippen molar-refractivity contribution >= 4 is 33.3 Å². The van der Waals surface area contributed by atoms with Crippen molar-refractivity contribution in [2.24, 2.45) is 0 Å². The molecule has 2 aromatic rings. The Morgan fingerprint density at radius 2 is 1.65 bits per heavy atom. The third kappa shape index (κ3) is 4.38. The predicted molar refractivity (Wildman–Crippen MR) is 85.7 cm³/mol. The van der Waals surface area contributed by atoms with Crippen LogP contribution < -0.4 is 10.3 Å². The van der Waals surface area contributed by atoms with Crippen LogP contribution in [0.2, 0.25) is 5.02 Å². The van der Waals surface area contributed by atoms with E-state index in [0.717, 1.165) is 0 Å². The largest absolute Gasteiger partial charge is 0.295 e. The maximum absolute atomic E-state index is 12.1. The number of amides is 1. The summed E-state index contributed by atoms with van der Waals surface area (Å²) in [5.41, 5.74) is 2.56. The quantitative estimate of drug-likeness (QED) is 0.637. The molecule has 0 aliphatic rings. The van der Waals surface area contributed by atoms with E-state index in [1.54, 1.807) is 12.1 Å². The Bertz CT molecular complexity index is 865. The highest BCUT2D eigenvalue weighted by atomic mass is 35.5. The van der Waals surface area contributed by atoms with Gasteiger partial charge in [0.05, 0.1) is 4.90 Å². The number of carbonyl (C=O) groups excluding carboxylic acids is 2. The molecule has 0 aromatic heterocycles. The number of hydrogen-bond acceptors (Lipinski definition) is 4. The molecule has 2 aromatic carbocycles. The molecule has 0 radical (unpaired) electrons. The normalized spacial score (nSPS) is 11.0. The van der Waals surface area contributed by atoms with Gasteiger partial charge in [-0.2, -0.15) is 0 Å². The van der Waals surface area contributed by atoms with Crippen molar-refractivity contribution in [2.75, 3.05) is 0 Å². The average Bonchev–Trinajstić information content (AvgIpc) is 2.52. The maximum atomic E-state index is 12.1. The molecular formula is C15H13ClN2O4S. The van der Waals surface area contributed by atoms with Crippen LogP contribution in [0.1, 0.15) is 27.6 Å². The second-order valence-corrected chi connectivity index (χ2v) is 6.77. The van der Waals surface area contributed by atoms with Crippen molar-refractivity contribution in [2.45, 2.75) is 11.8 Å². The van der Waals surface area contributed by atoms with E-state index in [-0.39, 0.29) is 21.8 Å². The van der Waals surface area contributed by atoms with Gasteiger partial charge in [-0.05, 0) is 37.3 Å². The highest BCUT2D eigenvalue weighted by Crippen LogP contribution is 2.12. The molecule has 23 heavy (non-hydrogen) atoms. The Morgan fingerprint density at radius 1 is 1.00 bits per heavy atom. The molecule has 0 atom stereocenters. The Balaban J connectivity index is 2.14. The van der Waals surface area contributed by atoms with E-state index in [9.17, 15) is 18.0 Å². The van der Waals surface area contributed by atoms with Crippen LogP contribution in [0.25, 0.3) is 0 Å². The standard InChI is InChI=1S/C15H13ClN2O4S/c1-10(19)11-4-3-7-14(9-11)23(21,22)18-17-15(20)12-5-2-6-13(16)8-12/h2-9,18H,1H3,(H,17,20). The number of carbonyl (C=O) groups is 2. The fourth-order valence-electron chi connectivity index (χ4n) is 1.76. The monoisotopic (exact) mass is 352 g/mol. The molecule has 0 aliphatic heterocycles. The molecule has 0 aliphatic carbocycles. The minimum absolute atomic E-state index is 0.128. The third-order valence-electron chi connectivity index (χ3n) is 2.94. The average molecular weight is 353 g/mol. The van der Waals surface area contributed by atoms with Gasteiger partial charge in [-0.15, -0.1) is 4.83 Å². The van der Waals surface area contributed by atoms with Gasteiger partial charge in [-0.25, -0.2) is 8.42 Å². The summed E-state index contributed by atoms with van der Waals surface area (Å²) < 4.78 is 24.3. The number of ketones is 1. The lowest BCUT2D eigenvalue weighted by molar-refractivity contribution is 0.0944. The van der Waals surface area contributed by atoms with E-state index >= 15 is 0 Å². The van der Waals surface area contributed by atoms with Gasteiger partial charge in [0.25, 0.3) is 15.9 Å². The van der Waals surface area contributed by atoms with E-state index in [1.165, 1.54) is 43.3 Å². The van der Waals surface area contributed by atoms with Crippen LogP contribution in [0, 0.1) is 0 Å². The first-order valence-corrected chi connectivity index (χ1v) is 8.34. The van der Waals surface area contributed by atoms with Crippen molar-refractivity contribution in [3.63, 3.8) is 0 Å². The number of hydrogen-bond donors (Lipinski definition) is 2. The SMILES string of the molecule is CC(=O)c1cccc(S(=O)(=O)NNC(=O)c2cccc(Cl)c2)c1. The zero-order valence-electron chi connectivity index (χ0n) is 12.0. The van der Waals surface area contributed by atoms with E-state index in [1.807, 2.05) is 4.83 Å². The maximum Gasteiger partial charge on any atom is 0.266 e. The van der Waals surface area contributed by atoms with Gasteiger partial charge < -0.3 is 0 Å². The molecule has 0 bridgehead atoms. The Kier molecular flexibility index (Phi) is 5.15. The van der Waals surface area contributed by atoms with E-state index in [2.05, 4.69) is 5.43 Å². The van der Waals surface area contributed by atoms with Crippen LogP contribution in [0.4, 0.5) is 0 Å². The molecule has 0 saturated heterocycles. The summed E-state index contributed by atoms with van der Waals surface area (Å²) in [4.78, 5) is 25.1. The number of rotatable bonds is 5. The Hall–Kier alpha value is -2.22. The molecule has 1 amide bonds. The third-order valence-corrected chi connectivity index (χ3v) is 4.42. The summed E-state index contributed by atoms with van der Waals surface area (Å²) in [5, 5.41) is 0.356. The summed E-state index contributed by atoms with van der Waals surface area (Å²) in [6.45, 7) is 1.33. The van der Waals surface area contributed by atoms with Crippen molar-refractivity contribution < 1.29 is 18.0 Å². The number of nitrogens with one attached hydrogen (secondary N) is 2. The van der Waals surface area contributed by atoms with Crippen molar-refractivity contribution in [1.82, 2.24) is 10.3 Å². The number of sulfonamides is 1. The number of Topliss-reactive ketones (excluding diaryl/α,β-unsaturated/α-hetero) is 1. The number of benzene rings is 2. The first kappa shape index (κ1) is 17.1. The van der Waals surface area contributed by atoms with Gasteiger partial charge in [0.2, 0.25) is 0 Å². The molecule has 8 heteroatoms. The lowest BCUT2D eigenvalue weighted by Gasteiger charge is -2.09. The lowest BCUT2D eigenvalue weighted by Crippen LogP contribution is -2.41. The van der Waals surface area contributed by atoms with Crippen molar-refractivity contribution in [3.05, 3.63) is 64.7 Å². The molecule has 2 N–H and O–H groups in total. The molecule has 6 nitrogen and oxygen atoms in total. The summed E-state index contributed by atoms with van der Waals surface area (Å²) >= 11 is 5.77. The van der Waals surface area contributed by atoms with Gasteiger partial charge in [-0.3, -0.25) is 15.0 Å². The van der Waals surface area contributed by atoms with Crippen molar-refractivity contribution in [3.8, 4) is 0 Å². The summed E-state index contributed by atoms with van der Waals surface area (Å²) in [6.07, 6.45) is 0. The number of halogens is 1. The van der Waals surface area contributed by atoms with Crippen LogP contribution >= 0.6 is 11.6 Å². The first-order chi connectivity index (χ1) is 10.8. The summed E-state index contributed by atoms with van der Waals surface area (Å²) in [6, 6.07) is 11.6. The second-order valence-electron chi connectivity index (χ2n) is 4.65. The van der Waals surface area contributed by atoms with Crippen LogP contribution in [-0.2, 0) is 10.0 Å². The van der Waals surface area contributed by atoms with Gasteiger partial charge in [0, 0.05) is 16.1 Å². The van der Waals surface area contributed by atoms with Crippen LogP contribution in [0.15, 0.2) is 53.4 Å². The fraction of sp³-hybridized carbons (Fsp3) is 0.0667. The topological polar surface area (TPSA) is 92.3 Å². The van der Waals surface area contributed by atoms with E-state index in [4.69, 9.17) is 11.6 Å². The van der Waals surface area contributed by atoms with Crippen molar-refractivity contribution in [1.29, 1.82) is 0 Å². The predicted octanol–water partition coefficient (Wildman–Crippen LogP) is 2.17. The molecule has 0 spiro atoms. The highest BCUT2D eigenvalue weighted by Gasteiger charge is 2.17. The van der Waals surface area contributed by atoms with E-state index < -0.39 is 15.9 Å². The first-order valence-electron chi connectivity index (χ1n) is 6.48. The fourth-order valence-corrected chi connectivity index (χ4v) is 2.83. The highest BCUT2D eigenvalue weighted by molar-refractivity contribution is 7.89. The zero-order valence-corrected chi connectivity index (χ0v) is 13.6. The minimum Gasteiger partial charge on any atom is -0.295 e. The van der Waals surface area contributed by atoms with Crippen LogP contribution in [0.3, 0.4) is 0 Å². The number of hydrazine groups is 1. The van der Waals surface area contributed by atoms with Gasteiger partial charge >= 0.3 is 0 Å². The van der Waals surface area contributed by atoms with Crippen LogP contribution in [-0.4, -0.2) is 20.1 Å². The summed E-state index contributed by atoms with van der Waals surface area (Å²) in [5.74, 6) is -0.913. The zero-order chi connectivity index (χ0) is 17.0. The molecule has 0 saturated carbocycles. The van der Waals surface area contributed by atoms with E-state index in [0.29, 0.717) is 5.02 Å². The van der Waals surface area contributed by atoms with Gasteiger partial charge in [-0.1, -0.05) is 29.8 Å².